The van der Waals surface area contributed by atoms with Crippen LogP contribution in [-0.2, 0) is 12.8 Å². The highest BCUT2D eigenvalue weighted by Crippen LogP contribution is 2.24. The van der Waals surface area contributed by atoms with Crippen LogP contribution in [0.2, 0.25) is 5.02 Å². The first kappa shape index (κ1) is 22.7. The number of carbonyl (C=O) groups excluding carboxylic acids is 1. The Labute approximate surface area is 206 Å². The van der Waals surface area contributed by atoms with Crippen LogP contribution in [0.4, 0.5) is 0 Å². The second kappa shape index (κ2) is 9.63. The summed E-state index contributed by atoms with van der Waals surface area (Å²) in [7, 11) is 0. The summed E-state index contributed by atoms with van der Waals surface area (Å²) in [5.74, 6) is 0.660. The number of rotatable bonds is 7. The van der Waals surface area contributed by atoms with Gasteiger partial charge < -0.3 is 9.84 Å². The number of nitrogens with one attached hydrogen (secondary N) is 1. The topological polar surface area (TPSA) is 111 Å². The van der Waals surface area contributed by atoms with Crippen LogP contribution < -0.4 is 5.32 Å². The molecule has 0 unspecified atom stereocenters. The standard InChI is InChI=1S/C25H22ClN7O2/c1-15-19(13-18-5-3-4-6-21(18)26)16(2)33-23(30-15)20(14-29-33)24(34)28-12-9-22-31-25(35-32-22)17-7-10-27-11-8-17/h3-8,10-11,14H,9,12-13H2,1-2H3,(H,28,34). The average Bonchev–Trinajstić information content (AvgIpc) is 3.51. The van der Waals surface area contributed by atoms with E-state index in [4.69, 9.17) is 21.1 Å². The Morgan fingerprint density at radius 3 is 2.71 bits per heavy atom. The van der Waals surface area contributed by atoms with E-state index in [1.165, 1.54) is 0 Å². The highest BCUT2D eigenvalue weighted by Gasteiger charge is 2.19. The Kier molecular flexibility index (Phi) is 6.24. The lowest BCUT2D eigenvalue weighted by atomic mass is 10.0. The number of pyridine rings is 1. The Morgan fingerprint density at radius 1 is 1.11 bits per heavy atom. The van der Waals surface area contributed by atoms with Crippen LogP contribution in [0.25, 0.3) is 17.1 Å². The smallest absolute Gasteiger partial charge is 0.258 e. The molecule has 5 aromatic rings. The zero-order chi connectivity index (χ0) is 24.4. The first-order valence-electron chi connectivity index (χ1n) is 11.1. The second-order valence-electron chi connectivity index (χ2n) is 8.08. The predicted octanol–water partition coefficient (Wildman–Crippen LogP) is 4.01. The summed E-state index contributed by atoms with van der Waals surface area (Å²) < 4.78 is 7.00. The lowest BCUT2D eigenvalue weighted by Crippen LogP contribution is -2.26. The number of hydrogen-bond donors (Lipinski definition) is 1. The summed E-state index contributed by atoms with van der Waals surface area (Å²) in [6.45, 7) is 4.25. The van der Waals surface area contributed by atoms with Gasteiger partial charge in [-0.1, -0.05) is 35.0 Å². The summed E-state index contributed by atoms with van der Waals surface area (Å²) in [5.41, 5.74) is 5.51. The third-order valence-corrected chi connectivity index (χ3v) is 6.18. The van der Waals surface area contributed by atoms with Crippen molar-refractivity contribution in [2.24, 2.45) is 0 Å². The van der Waals surface area contributed by atoms with Gasteiger partial charge in [0.25, 0.3) is 11.8 Å². The zero-order valence-corrected chi connectivity index (χ0v) is 20.0. The molecule has 4 aromatic heterocycles. The minimum atomic E-state index is -0.261. The van der Waals surface area contributed by atoms with E-state index in [9.17, 15) is 4.79 Å². The van der Waals surface area contributed by atoms with E-state index < -0.39 is 0 Å². The molecule has 0 saturated carbocycles. The molecule has 0 aliphatic carbocycles. The summed E-state index contributed by atoms with van der Waals surface area (Å²) >= 11 is 6.35. The van der Waals surface area contributed by atoms with E-state index >= 15 is 0 Å². The van der Waals surface area contributed by atoms with Crippen molar-refractivity contribution in [3.05, 3.63) is 93.9 Å². The van der Waals surface area contributed by atoms with E-state index in [2.05, 4.69) is 25.5 Å². The van der Waals surface area contributed by atoms with Gasteiger partial charge in [0.1, 0.15) is 5.56 Å². The normalized spacial score (nSPS) is 11.2. The van der Waals surface area contributed by atoms with Crippen molar-refractivity contribution in [2.45, 2.75) is 26.7 Å². The van der Waals surface area contributed by atoms with Crippen molar-refractivity contribution in [3.63, 3.8) is 0 Å². The third-order valence-electron chi connectivity index (χ3n) is 5.81. The Morgan fingerprint density at radius 2 is 1.91 bits per heavy atom. The minimum Gasteiger partial charge on any atom is -0.351 e. The highest BCUT2D eigenvalue weighted by atomic mass is 35.5. The van der Waals surface area contributed by atoms with E-state index in [0.717, 1.165) is 28.1 Å². The Balaban J connectivity index is 1.29. The number of fused-ring (bicyclic) bond motifs is 1. The average molecular weight is 488 g/mol. The molecule has 10 heteroatoms. The number of hydrogen-bond acceptors (Lipinski definition) is 7. The summed E-state index contributed by atoms with van der Waals surface area (Å²) in [6.07, 6.45) is 5.92. The van der Waals surface area contributed by atoms with Crippen LogP contribution in [0, 0.1) is 13.8 Å². The van der Waals surface area contributed by atoms with Gasteiger partial charge in [-0.15, -0.1) is 0 Å². The number of halogens is 1. The molecule has 9 nitrogen and oxygen atoms in total. The Hall–Kier alpha value is -4.11. The Bertz CT molecular complexity index is 1510. The molecule has 5 rings (SSSR count). The van der Waals surface area contributed by atoms with E-state index in [1.807, 2.05) is 38.1 Å². The molecule has 0 fully saturated rings. The summed E-state index contributed by atoms with van der Waals surface area (Å²) in [5, 5.41) is 12.0. The van der Waals surface area contributed by atoms with Gasteiger partial charge >= 0.3 is 0 Å². The van der Waals surface area contributed by atoms with Crippen LogP contribution in [0.3, 0.4) is 0 Å². The molecule has 1 amide bonds. The number of amides is 1. The number of aromatic nitrogens is 6. The molecule has 1 aromatic carbocycles. The van der Waals surface area contributed by atoms with Crippen LogP contribution in [0.5, 0.6) is 0 Å². The number of aryl methyl sites for hydroxylation is 2. The lowest BCUT2D eigenvalue weighted by Gasteiger charge is -2.12. The molecule has 0 saturated heterocycles. The van der Waals surface area contributed by atoms with Crippen molar-refractivity contribution in [2.75, 3.05) is 6.54 Å². The van der Waals surface area contributed by atoms with Gasteiger partial charge in [0, 0.05) is 53.8 Å². The van der Waals surface area contributed by atoms with Gasteiger partial charge in [0.15, 0.2) is 11.5 Å². The molecule has 0 radical (unpaired) electrons. The van der Waals surface area contributed by atoms with Crippen LogP contribution >= 0.6 is 11.6 Å². The van der Waals surface area contributed by atoms with Crippen molar-refractivity contribution < 1.29 is 9.32 Å². The molecule has 0 aliphatic heterocycles. The monoisotopic (exact) mass is 487 g/mol. The van der Waals surface area contributed by atoms with Crippen molar-refractivity contribution >= 4 is 23.2 Å². The quantitative estimate of drug-likeness (QED) is 0.369. The van der Waals surface area contributed by atoms with Crippen molar-refractivity contribution in [1.82, 2.24) is 35.0 Å². The largest absolute Gasteiger partial charge is 0.351 e. The van der Waals surface area contributed by atoms with Gasteiger partial charge in [0.2, 0.25) is 0 Å². The maximum absolute atomic E-state index is 12.9. The van der Waals surface area contributed by atoms with Crippen molar-refractivity contribution in [1.29, 1.82) is 0 Å². The molecule has 4 heterocycles. The fourth-order valence-corrected chi connectivity index (χ4v) is 4.11. The fraction of sp³-hybridized carbons (Fsp3) is 0.200. The molecule has 35 heavy (non-hydrogen) atoms. The van der Waals surface area contributed by atoms with Crippen molar-refractivity contribution in [3.8, 4) is 11.5 Å². The second-order valence-corrected chi connectivity index (χ2v) is 8.49. The van der Waals surface area contributed by atoms with E-state index in [0.29, 0.717) is 47.3 Å². The molecule has 176 valence electrons. The van der Waals surface area contributed by atoms with Gasteiger partial charge in [-0.3, -0.25) is 9.78 Å². The molecule has 0 bridgehead atoms. The maximum Gasteiger partial charge on any atom is 0.258 e. The first-order chi connectivity index (χ1) is 17.0. The van der Waals surface area contributed by atoms with E-state index in [-0.39, 0.29) is 5.91 Å². The third kappa shape index (κ3) is 4.63. The maximum atomic E-state index is 12.9. The van der Waals surface area contributed by atoms with Gasteiger partial charge in [-0.05, 0) is 43.2 Å². The number of nitrogens with zero attached hydrogens (tertiary/aromatic N) is 6. The predicted molar refractivity (Wildman–Crippen MR) is 130 cm³/mol. The molecule has 0 atom stereocenters. The molecule has 0 aliphatic rings. The molecule has 0 spiro atoms. The lowest BCUT2D eigenvalue weighted by molar-refractivity contribution is 0.0955. The SMILES string of the molecule is Cc1nc2c(C(=O)NCCc3noc(-c4ccncc4)n3)cnn2c(C)c1Cc1ccccc1Cl. The number of carbonyl (C=O) groups is 1. The van der Waals surface area contributed by atoms with Crippen LogP contribution in [0.1, 0.15) is 38.7 Å². The van der Waals surface area contributed by atoms with E-state index in [1.54, 1.807) is 35.2 Å². The highest BCUT2D eigenvalue weighted by molar-refractivity contribution is 6.31. The van der Waals surface area contributed by atoms with Gasteiger partial charge in [0.05, 0.1) is 6.20 Å². The van der Waals surface area contributed by atoms with Gasteiger partial charge in [-0.2, -0.15) is 10.1 Å². The molecular weight excluding hydrogens is 466 g/mol. The first-order valence-corrected chi connectivity index (χ1v) is 11.5. The molecule has 1 N–H and O–H groups in total. The molecular formula is C25H22ClN7O2. The fourth-order valence-electron chi connectivity index (χ4n) is 3.91. The van der Waals surface area contributed by atoms with Crippen LogP contribution in [-0.4, -0.2) is 42.2 Å². The minimum absolute atomic E-state index is 0.261. The zero-order valence-electron chi connectivity index (χ0n) is 19.2. The van der Waals surface area contributed by atoms with Crippen LogP contribution in [0.15, 0.2) is 59.5 Å². The van der Waals surface area contributed by atoms with Gasteiger partial charge in [-0.25, -0.2) is 9.50 Å². The summed E-state index contributed by atoms with van der Waals surface area (Å²) in [4.78, 5) is 25.9. The summed E-state index contributed by atoms with van der Waals surface area (Å²) in [6, 6.07) is 11.3. The number of benzene rings is 1.